The molecule has 3 heterocycles. The molecule has 0 saturated carbocycles. The van der Waals surface area contributed by atoms with E-state index in [1.807, 2.05) is 24.3 Å². The Labute approximate surface area is 169 Å². The average molecular weight is 405 g/mol. The second-order valence-corrected chi connectivity index (χ2v) is 7.61. The maximum absolute atomic E-state index is 12.6. The van der Waals surface area contributed by atoms with Crippen LogP contribution in [0.4, 0.5) is 0 Å². The Morgan fingerprint density at radius 1 is 0.966 bits per heavy atom. The molecule has 0 saturated heterocycles. The Morgan fingerprint density at radius 2 is 1.66 bits per heavy atom. The van der Waals surface area contributed by atoms with Crippen molar-refractivity contribution < 1.29 is 14.3 Å². The van der Waals surface area contributed by atoms with Crippen molar-refractivity contribution >= 4 is 28.1 Å². The summed E-state index contributed by atoms with van der Waals surface area (Å²) >= 11 is 1.32. The molecular weight excluding hydrogens is 390 g/mol. The minimum Gasteiger partial charge on any atom is -0.497 e. The third-order valence-electron chi connectivity index (χ3n) is 4.79. The van der Waals surface area contributed by atoms with Crippen molar-refractivity contribution in [2.45, 2.75) is 13.0 Å². The van der Waals surface area contributed by atoms with E-state index in [4.69, 9.17) is 4.74 Å². The highest BCUT2D eigenvalue weighted by Gasteiger charge is 2.35. The summed E-state index contributed by atoms with van der Waals surface area (Å²) in [6.45, 7) is 0.113. The first-order valence-corrected chi connectivity index (χ1v) is 9.74. The minimum absolute atomic E-state index is 0.113. The molecule has 5 rings (SSSR count). The van der Waals surface area contributed by atoms with E-state index in [0.717, 1.165) is 11.3 Å². The fraction of sp³-hybridized carbons (Fsp3) is 0.150. The zero-order chi connectivity index (χ0) is 20.0. The van der Waals surface area contributed by atoms with Gasteiger partial charge in [0.25, 0.3) is 11.8 Å². The van der Waals surface area contributed by atoms with Gasteiger partial charge in [0.15, 0.2) is 5.82 Å². The normalized spacial score (nSPS) is 13.3. The smallest absolute Gasteiger partial charge is 0.261 e. The van der Waals surface area contributed by atoms with E-state index in [2.05, 4.69) is 15.3 Å². The number of methoxy groups -OCH3 is 1. The monoisotopic (exact) mass is 405 g/mol. The number of imide groups is 1. The van der Waals surface area contributed by atoms with E-state index in [1.54, 1.807) is 35.9 Å². The van der Waals surface area contributed by atoms with E-state index in [0.29, 0.717) is 33.3 Å². The van der Waals surface area contributed by atoms with E-state index in [-0.39, 0.29) is 18.4 Å². The van der Waals surface area contributed by atoms with Crippen molar-refractivity contribution in [2.75, 3.05) is 7.11 Å². The summed E-state index contributed by atoms with van der Waals surface area (Å²) in [4.78, 5) is 27.0. The number of ether oxygens (including phenoxy) is 1. The summed E-state index contributed by atoms with van der Waals surface area (Å²) in [5.41, 5.74) is 1.91. The lowest BCUT2D eigenvalue weighted by Gasteiger charge is -2.10. The van der Waals surface area contributed by atoms with Crippen molar-refractivity contribution in [1.29, 1.82) is 0 Å². The van der Waals surface area contributed by atoms with E-state index in [9.17, 15) is 9.59 Å². The lowest BCUT2D eigenvalue weighted by Crippen LogP contribution is -2.29. The second-order valence-electron chi connectivity index (χ2n) is 6.57. The average Bonchev–Trinajstić information content (AvgIpc) is 3.39. The molecule has 4 aromatic rings. The highest BCUT2D eigenvalue weighted by molar-refractivity contribution is 7.16. The quantitative estimate of drug-likeness (QED) is 0.474. The fourth-order valence-corrected chi connectivity index (χ4v) is 4.16. The van der Waals surface area contributed by atoms with Crippen molar-refractivity contribution in [2.24, 2.45) is 0 Å². The number of fused-ring (bicyclic) bond motifs is 2. The van der Waals surface area contributed by atoms with Crippen LogP contribution in [-0.4, -0.2) is 43.6 Å². The first-order valence-electron chi connectivity index (χ1n) is 8.92. The molecule has 1 aliphatic heterocycles. The van der Waals surface area contributed by atoms with Gasteiger partial charge >= 0.3 is 0 Å². The van der Waals surface area contributed by atoms with Gasteiger partial charge in [0.05, 0.1) is 24.8 Å². The predicted molar refractivity (Wildman–Crippen MR) is 105 cm³/mol. The van der Waals surface area contributed by atoms with Crippen LogP contribution in [0.5, 0.6) is 5.75 Å². The van der Waals surface area contributed by atoms with Crippen molar-refractivity contribution in [3.8, 4) is 5.75 Å². The molecule has 2 aromatic carbocycles. The van der Waals surface area contributed by atoms with Crippen LogP contribution in [0, 0.1) is 0 Å². The highest BCUT2D eigenvalue weighted by atomic mass is 32.1. The predicted octanol–water partition coefficient (Wildman–Crippen LogP) is 2.58. The molecule has 2 amide bonds. The number of amides is 2. The molecule has 0 atom stereocenters. The van der Waals surface area contributed by atoms with Gasteiger partial charge in [-0.25, -0.2) is 0 Å². The van der Waals surface area contributed by atoms with Crippen LogP contribution in [0.15, 0.2) is 48.5 Å². The van der Waals surface area contributed by atoms with Gasteiger partial charge in [-0.3, -0.25) is 14.5 Å². The maximum atomic E-state index is 12.6. The van der Waals surface area contributed by atoms with Gasteiger partial charge in [-0.15, -0.1) is 10.2 Å². The van der Waals surface area contributed by atoms with Crippen LogP contribution in [0.25, 0.3) is 4.96 Å². The molecule has 0 unspecified atom stereocenters. The Morgan fingerprint density at radius 3 is 2.31 bits per heavy atom. The Hall–Kier alpha value is -3.59. The molecule has 1 aliphatic rings. The van der Waals surface area contributed by atoms with E-state index >= 15 is 0 Å². The third-order valence-corrected chi connectivity index (χ3v) is 5.67. The zero-order valence-electron chi connectivity index (χ0n) is 15.4. The third kappa shape index (κ3) is 2.95. The van der Waals surface area contributed by atoms with Gasteiger partial charge in [-0.2, -0.15) is 9.61 Å². The lowest BCUT2D eigenvalue weighted by atomic mass is 10.1. The highest BCUT2D eigenvalue weighted by Crippen LogP contribution is 2.26. The summed E-state index contributed by atoms with van der Waals surface area (Å²) < 4.78 is 6.85. The van der Waals surface area contributed by atoms with Gasteiger partial charge in [-0.1, -0.05) is 35.6 Å². The molecule has 8 nitrogen and oxygen atoms in total. The van der Waals surface area contributed by atoms with Crippen molar-refractivity contribution in [3.05, 3.63) is 76.1 Å². The molecule has 0 spiro atoms. The second kappa shape index (κ2) is 6.78. The van der Waals surface area contributed by atoms with Crippen molar-refractivity contribution in [3.63, 3.8) is 0 Å². The Bertz CT molecular complexity index is 1210. The zero-order valence-corrected chi connectivity index (χ0v) is 16.2. The molecule has 0 fully saturated rings. The summed E-state index contributed by atoms with van der Waals surface area (Å²) in [7, 11) is 1.63. The number of nitrogens with zero attached hydrogens (tertiary/aromatic N) is 5. The molecule has 0 N–H and O–H groups in total. The van der Waals surface area contributed by atoms with Gasteiger partial charge in [0, 0.05) is 6.42 Å². The first-order chi connectivity index (χ1) is 14.1. The molecule has 0 bridgehead atoms. The number of aromatic nitrogens is 4. The summed E-state index contributed by atoms with van der Waals surface area (Å²) in [5.74, 6) is 0.886. The van der Waals surface area contributed by atoms with Crippen LogP contribution >= 0.6 is 11.3 Å². The number of rotatable bonds is 5. The topological polar surface area (TPSA) is 89.7 Å². The fourth-order valence-electron chi connectivity index (χ4n) is 3.32. The molecule has 2 aromatic heterocycles. The molecule has 9 heteroatoms. The largest absolute Gasteiger partial charge is 0.497 e. The van der Waals surface area contributed by atoms with Crippen LogP contribution < -0.4 is 4.74 Å². The first kappa shape index (κ1) is 17.5. The Kier molecular flexibility index (Phi) is 4.09. The van der Waals surface area contributed by atoms with Gasteiger partial charge in [0.1, 0.15) is 10.8 Å². The van der Waals surface area contributed by atoms with Crippen molar-refractivity contribution in [1.82, 2.24) is 24.7 Å². The number of carbonyl (C=O) groups excluding carboxylic acids is 2. The number of benzene rings is 2. The van der Waals surface area contributed by atoms with Crippen LogP contribution in [0.3, 0.4) is 0 Å². The van der Waals surface area contributed by atoms with E-state index in [1.165, 1.54) is 16.2 Å². The molecule has 29 heavy (non-hydrogen) atoms. The van der Waals surface area contributed by atoms with E-state index < -0.39 is 0 Å². The summed E-state index contributed by atoms with van der Waals surface area (Å²) in [5, 5.41) is 13.6. The summed E-state index contributed by atoms with van der Waals surface area (Å²) in [6, 6.07) is 14.6. The van der Waals surface area contributed by atoms with Gasteiger partial charge in [0.2, 0.25) is 4.96 Å². The Balaban J connectivity index is 1.39. The maximum Gasteiger partial charge on any atom is 0.261 e. The van der Waals surface area contributed by atoms with Gasteiger partial charge in [-0.05, 0) is 29.8 Å². The number of carbonyl (C=O) groups is 2. The van der Waals surface area contributed by atoms with Crippen LogP contribution in [-0.2, 0) is 13.0 Å². The summed E-state index contributed by atoms with van der Waals surface area (Å²) in [6.07, 6.45) is 0.557. The molecular formula is C20H15N5O3S. The minimum atomic E-state index is -0.296. The molecule has 0 radical (unpaired) electrons. The SMILES string of the molecule is COc1ccc(Cc2nnc3sc(CN4C(=O)c5ccccc5C4=O)nn23)cc1. The molecule has 0 aliphatic carbocycles. The standard InChI is InChI=1S/C20H15N5O3S/c1-28-13-8-6-12(7-9-13)10-16-21-22-20-25(16)23-17(29-20)11-24-18(26)14-4-2-3-5-15(14)19(24)27/h2-9H,10-11H2,1H3. The number of hydrogen-bond donors (Lipinski definition) is 0. The van der Waals surface area contributed by atoms with Crippen LogP contribution in [0.1, 0.15) is 37.1 Å². The lowest BCUT2D eigenvalue weighted by molar-refractivity contribution is 0.0642. The molecule has 144 valence electrons. The van der Waals surface area contributed by atoms with Crippen LogP contribution in [0.2, 0.25) is 0 Å². The van der Waals surface area contributed by atoms with Gasteiger partial charge < -0.3 is 4.74 Å². The number of hydrogen-bond acceptors (Lipinski definition) is 7.